The van der Waals surface area contributed by atoms with Crippen molar-refractivity contribution in [1.29, 1.82) is 0 Å². The molecule has 0 saturated carbocycles. The topological polar surface area (TPSA) is 44.6 Å². The summed E-state index contributed by atoms with van der Waals surface area (Å²) in [6, 6.07) is 11.4. The van der Waals surface area contributed by atoms with Gasteiger partial charge in [0, 0.05) is 41.3 Å². The molecule has 0 aliphatic carbocycles. The summed E-state index contributed by atoms with van der Waals surface area (Å²) in [6.45, 7) is 6.92. The molecule has 0 amide bonds. The summed E-state index contributed by atoms with van der Waals surface area (Å²) in [5.41, 5.74) is 5.28. The number of benzene rings is 1. The molecule has 2 aliphatic heterocycles. The summed E-state index contributed by atoms with van der Waals surface area (Å²) in [7, 11) is 2.17. The highest BCUT2D eigenvalue weighted by molar-refractivity contribution is 6.35. The van der Waals surface area contributed by atoms with Crippen LogP contribution in [-0.4, -0.2) is 59.3 Å². The maximum Gasteiger partial charge on any atom is 0.132 e. The number of allylic oxidation sites excluding steroid dienone is 1. The number of hydrogen-bond donors (Lipinski definition) is 0. The smallest absolute Gasteiger partial charge is 0.132 e. The lowest BCUT2D eigenvalue weighted by atomic mass is 9.99. The van der Waals surface area contributed by atoms with Crippen molar-refractivity contribution in [2.24, 2.45) is 4.99 Å². The van der Waals surface area contributed by atoms with Crippen LogP contribution in [0.2, 0.25) is 5.02 Å². The van der Waals surface area contributed by atoms with Crippen LogP contribution in [-0.2, 0) is 0 Å². The average Bonchev–Trinajstić information content (AvgIpc) is 3.27. The Labute approximate surface area is 192 Å². The average molecular weight is 450 g/mol. The molecule has 1 fully saturated rings. The van der Waals surface area contributed by atoms with E-state index in [2.05, 4.69) is 46.7 Å². The van der Waals surface area contributed by atoms with Gasteiger partial charge >= 0.3 is 0 Å². The van der Waals surface area contributed by atoms with Crippen molar-refractivity contribution in [2.45, 2.75) is 25.9 Å². The van der Waals surface area contributed by atoms with Gasteiger partial charge in [-0.1, -0.05) is 17.7 Å². The van der Waals surface area contributed by atoms with E-state index in [9.17, 15) is 4.39 Å². The monoisotopic (exact) mass is 449 g/mol. The highest BCUT2D eigenvalue weighted by Crippen LogP contribution is 2.29. The first-order chi connectivity index (χ1) is 15.4. The van der Waals surface area contributed by atoms with Crippen LogP contribution in [0, 0.1) is 5.82 Å². The SMILES string of the molecule is C[C@@H]1CN(c2cnc3ccc(C4=CCN=C4c4cc(Cl)ccc4F)nc3c2)[C@H](C)CN1C. The number of fused-ring (bicyclic) bond motifs is 1. The van der Waals surface area contributed by atoms with Crippen LogP contribution in [0.15, 0.2) is 53.7 Å². The van der Waals surface area contributed by atoms with Crippen molar-refractivity contribution in [1.82, 2.24) is 14.9 Å². The third-order valence-electron chi connectivity index (χ3n) is 6.41. The molecule has 5 nitrogen and oxygen atoms in total. The zero-order chi connectivity index (χ0) is 22.4. The molecule has 3 aromatic rings. The van der Waals surface area contributed by atoms with Gasteiger partial charge in [0.2, 0.25) is 0 Å². The lowest BCUT2D eigenvalue weighted by Gasteiger charge is -2.43. The molecule has 0 spiro atoms. The molecule has 1 saturated heterocycles. The first-order valence-corrected chi connectivity index (χ1v) is 11.2. The summed E-state index contributed by atoms with van der Waals surface area (Å²) < 4.78 is 14.5. The Morgan fingerprint density at radius 3 is 2.72 bits per heavy atom. The predicted octanol–water partition coefficient (Wildman–Crippen LogP) is 4.84. The zero-order valence-corrected chi connectivity index (χ0v) is 19.1. The Hall–Kier alpha value is -2.83. The lowest BCUT2D eigenvalue weighted by molar-refractivity contribution is 0.206. The second kappa shape index (κ2) is 8.26. The highest BCUT2D eigenvalue weighted by Gasteiger charge is 2.27. The molecule has 2 aromatic heterocycles. The highest BCUT2D eigenvalue weighted by atomic mass is 35.5. The van der Waals surface area contributed by atoms with E-state index in [1.807, 2.05) is 24.4 Å². The maximum absolute atomic E-state index is 14.5. The van der Waals surface area contributed by atoms with E-state index < -0.39 is 0 Å². The Bertz CT molecular complexity index is 1250. The van der Waals surface area contributed by atoms with Crippen molar-refractivity contribution >= 4 is 39.6 Å². The Kier molecular flexibility index (Phi) is 5.43. The Balaban J connectivity index is 1.51. The molecule has 32 heavy (non-hydrogen) atoms. The van der Waals surface area contributed by atoms with Crippen molar-refractivity contribution < 1.29 is 4.39 Å². The number of nitrogens with zero attached hydrogens (tertiary/aromatic N) is 5. The third kappa shape index (κ3) is 3.78. The van der Waals surface area contributed by atoms with Crippen LogP contribution in [0.1, 0.15) is 25.1 Å². The fourth-order valence-corrected chi connectivity index (χ4v) is 4.68. The standard InChI is InChI=1S/C25H25ClFN5/c1-15-14-32(16(2)13-31(15)3)18-11-24-23(29-12-18)7-6-22(30-24)19-8-9-28-25(19)20-10-17(26)4-5-21(20)27/h4-8,10-12,15-16H,9,13-14H2,1-3H3/t15-,16-/m1/s1. The number of likely N-dealkylation sites (N-methyl/N-ethyl adjacent to an activating group) is 1. The summed E-state index contributed by atoms with van der Waals surface area (Å²) in [5.74, 6) is -0.344. The van der Waals surface area contributed by atoms with Gasteiger partial charge in [-0.3, -0.25) is 14.9 Å². The van der Waals surface area contributed by atoms with Gasteiger partial charge in [0.05, 0.1) is 40.9 Å². The maximum atomic E-state index is 14.5. The summed E-state index contributed by atoms with van der Waals surface area (Å²) >= 11 is 6.12. The quantitative estimate of drug-likeness (QED) is 0.574. The Morgan fingerprint density at radius 1 is 1.03 bits per heavy atom. The number of hydrogen-bond acceptors (Lipinski definition) is 5. The van der Waals surface area contributed by atoms with Gasteiger partial charge in [0.1, 0.15) is 5.82 Å². The van der Waals surface area contributed by atoms with Gasteiger partial charge in [-0.25, -0.2) is 9.37 Å². The minimum absolute atomic E-state index is 0.344. The second-order valence-electron chi connectivity index (χ2n) is 8.65. The summed E-state index contributed by atoms with van der Waals surface area (Å²) in [6.07, 6.45) is 3.91. The van der Waals surface area contributed by atoms with Gasteiger partial charge in [0.15, 0.2) is 0 Å². The number of piperazine rings is 1. The number of aliphatic imine (C=N–C) groups is 1. The summed E-state index contributed by atoms with van der Waals surface area (Å²) in [4.78, 5) is 18.9. The molecule has 4 heterocycles. The number of aromatic nitrogens is 2. The van der Waals surface area contributed by atoms with E-state index in [1.165, 1.54) is 6.07 Å². The van der Waals surface area contributed by atoms with Crippen LogP contribution in [0.25, 0.3) is 16.6 Å². The third-order valence-corrected chi connectivity index (χ3v) is 6.65. The van der Waals surface area contributed by atoms with Crippen molar-refractivity contribution in [3.05, 3.63) is 70.8 Å². The molecule has 0 radical (unpaired) electrons. The van der Waals surface area contributed by atoms with E-state index in [0.29, 0.717) is 34.9 Å². The molecule has 0 N–H and O–H groups in total. The molecule has 5 rings (SSSR count). The van der Waals surface area contributed by atoms with E-state index >= 15 is 0 Å². The number of pyridine rings is 2. The molecule has 1 aromatic carbocycles. The fraction of sp³-hybridized carbons (Fsp3) is 0.320. The van der Waals surface area contributed by atoms with Crippen LogP contribution < -0.4 is 4.90 Å². The van der Waals surface area contributed by atoms with E-state index in [1.54, 1.807) is 12.1 Å². The van der Waals surface area contributed by atoms with Gasteiger partial charge in [-0.2, -0.15) is 0 Å². The minimum atomic E-state index is -0.344. The number of anilines is 1. The second-order valence-corrected chi connectivity index (χ2v) is 9.09. The van der Waals surface area contributed by atoms with Gasteiger partial charge in [-0.15, -0.1) is 0 Å². The predicted molar refractivity (Wildman–Crippen MR) is 129 cm³/mol. The lowest BCUT2D eigenvalue weighted by Crippen LogP contribution is -2.55. The van der Waals surface area contributed by atoms with E-state index in [4.69, 9.17) is 16.6 Å². The van der Waals surface area contributed by atoms with Gasteiger partial charge in [-0.05, 0) is 57.3 Å². The van der Waals surface area contributed by atoms with Crippen LogP contribution in [0.4, 0.5) is 10.1 Å². The number of rotatable bonds is 3. The van der Waals surface area contributed by atoms with Crippen LogP contribution in [0.5, 0.6) is 0 Å². The van der Waals surface area contributed by atoms with Crippen LogP contribution in [0.3, 0.4) is 0 Å². The van der Waals surface area contributed by atoms with Crippen LogP contribution >= 0.6 is 11.6 Å². The Morgan fingerprint density at radius 2 is 1.88 bits per heavy atom. The van der Waals surface area contributed by atoms with Gasteiger partial charge < -0.3 is 4.90 Å². The molecule has 2 atom stereocenters. The molecular weight excluding hydrogens is 425 g/mol. The van der Waals surface area contributed by atoms with Crippen molar-refractivity contribution in [3.63, 3.8) is 0 Å². The minimum Gasteiger partial charge on any atom is -0.365 e. The molecule has 0 unspecified atom stereocenters. The van der Waals surface area contributed by atoms with Crippen molar-refractivity contribution in [2.75, 3.05) is 31.6 Å². The first kappa shape index (κ1) is 21.0. The molecule has 2 aliphatic rings. The molecule has 164 valence electrons. The number of halogens is 2. The fourth-order valence-electron chi connectivity index (χ4n) is 4.51. The van der Waals surface area contributed by atoms with E-state index in [0.717, 1.165) is 41.1 Å². The van der Waals surface area contributed by atoms with Crippen molar-refractivity contribution in [3.8, 4) is 0 Å². The molecule has 7 heteroatoms. The molecule has 0 bridgehead atoms. The summed E-state index contributed by atoms with van der Waals surface area (Å²) in [5, 5.41) is 0.478. The normalized spacial score (nSPS) is 21.7. The zero-order valence-electron chi connectivity index (χ0n) is 18.4. The largest absolute Gasteiger partial charge is 0.365 e. The molecular formula is C25H25ClFN5. The van der Waals surface area contributed by atoms with Gasteiger partial charge in [0.25, 0.3) is 0 Å². The van der Waals surface area contributed by atoms with E-state index in [-0.39, 0.29) is 5.82 Å². The first-order valence-electron chi connectivity index (χ1n) is 10.8.